The average Bonchev–Trinajstić information content (AvgIpc) is 2.14. The molecule has 1 aromatic rings. The number of benzene rings is 1. The summed E-state index contributed by atoms with van der Waals surface area (Å²) in [4.78, 5) is 11.1. The molecule has 0 aliphatic carbocycles. The fourth-order valence-corrected chi connectivity index (χ4v) is 0.814. The Morgan fingerprint density at radius 2 is 2.38 bits per heavy atom. The van der Waals surface area contributed by atoms with E-state index in [1.54, 1.807) is 6.07 Å². The summed E-state index contributed by atoms with van der Waals surface area (Å²) in [6.45, 7) is -0.283. The first kappa shape index (κ1) is 9.07. The summed E-state index contributed by atoms with van der Waals surface area (Å²) in [5, 5.41) is 17.2. The predicted molar refractivity (Wildman–Crippen MR) is 44.0 cm³/mol. The highest BCUT2D eigenvalue weighted by Crippen LogP contribution is 2.11. The van der Waals surface area contributed by atoms with E-state index in [-0.39, 0.29) is 17.9 Å². The summed E-state index contributed by atoms with van der Waals surface area (Å²) in [5.74, 6) is -0.621. The lowest BCUT2D eigenvalue weighted by molar-refractivity contribution is 0.0554. The van der Waals surface area contributed by atoms with E-state index in [0.717, 1.165) is 0 Å². The zero-order valence-electron chi connectivity index (χ0n) is 6.73. The lowest BCUT2D eigenvalue weighted by Gasteiger charge is -1.99. The van der Waals surface area contributed by atoms with Crippen molar-refractivity contribution in [2.24, 2.45) is 0 Å². The molecule has 1 aromatic carbocycles. The van der Waals surface area contributed by atoms with Crippen LogP contribution < -0.4 is 0 Å². The molecule has 0 unspecified atom stereocenters. The molecule has 0 aliphatic rings. The number of nitriles is 1. The third kappa shape index (κ3) is 2.49. The molecule has 0 heterocycles. The predicted octanol–water partition coefficient (Wildman–Crippen LogP) is 1.07. The molecular formula is C9H7NO3. The smallest absolute Gasteiger partial charge is 0.339 e. The van der Waals surface area contributed by atoms with Gasteiger partial charge in [-0.05, 0) is 18.2 Å². The van der Waals surface area contributed by atoms with Gasteiger partial charge in [-0.3, -0.25) is 0 Å². The van der Waals surface area contributed by atoms with Gasteiger partial charge in [-0.2, -0.15) is 5.26 Å². The molecule has 0 saturated heterocycles. The van der Waals surface area contributed by atoms with Crippen LogP contribution in [-0.2, 0) is 4.74 Å². The summed E-state index contributed by atoms with van der Waals surface area (Å²) in [7, 11) is 0. The Labute approximate surface area is 75.0 Å². The first-order valence-corrected chi connectivity index (χ1v) is 3.57. The van der Waals surface area contributed by atoms with Crippen molar-refractivity contribution in [3.05, 3.63) is 29.8 Å². The quantitative estimate of drug-likeness (QED) is 0.686. The van der Waals surface area contributed by atoms with E-state index in [1.807, 2.05) is 0 Å². The molecule has 1 rings (SSSR count). The highest BCUT2D eigenvalue weighted by Gasteiger charge is 2.06. The highest BCUT2D eigenvalue weighted by molar-refractivity contribution is 5.89. The molecule has 0 bridgehead atoms. The van der Waals surface area contributed by atoms with E-state index >= 15 is 0 Å². The number of hydrogen-bond acceptors (Lipinski definition) is 4. The number of carbonyl (C=O) groups excluding carboxylic acids is 1. The van der Waals surface area contributed by atoms with Crippen LogP contribution in [0.4, 0.5) is 0 Å². The van der Waals surface area contributed by atoms with Crippen LogP contribution in [0.2, 0.25) is 0 Å². The van der Waals surface area contributed by atoms with Gasteiger partial charge < -0.3 is 9.84 Å². The SMILES string of the molecule is N#CCOC(=O)c1cccc(O)c1. The average molecular weight is 177 g/mol. The molecule has 1 N–H and O–H groups in total. The van der Waals surface area contributed by atoms with Gasteiger partial charge in [0.1, 0.15) is 11.8 Å². The maximum atomic E-state index is 11.1. The molecule has 0 aliphatic heterocycles. The minimum atomic E-state index is -0.613. The van der Waals surface area contributed by atoms with Gasteiger partial charge in [-0.25, -0.2) is 4.79 Å². The van der Waals surface area contributed by atoms with Crippen molar-refractivity contribution in [1.29, 1.82) is 5.26 Å². The van der Waals surface area contributed by atoms with Gasteiger partial charge in [0.15, 0.2) is 6.61 Å². The van der Waals surface area contributed by atoms with Crippen LogP contribution in [0.25, 0.3) is 0 Å². The minimum absolute atomic E-state index is 0.00796. The van der Waals surface area contributed by atoms with Crippen molar-refractivity contribution in [1.82, 2.24) is 0 Å². The number of phenolic OH excluding ortho intramolecular Hbond substituents is 1. The van der Waals surface area contributed by atoms with Crippen LogP contribution in [0.5, 0.6) is 5.75 Å². The molecule has 0 amide bonds. The normalized spacial score (nSPS) is 8.85. The molecule has 13 heavy (non-hydrogen) atoms. The van der Waals surface area contributed by atoms with Crippen molar-refractivity contribution in [2.45, 2.75) is 0 Å². The van der Waals surface area contributed by atoms with E-state index in [0.29, 0.717) is 0 Å². The molecule has 4 nitrogen and oxygen atoms in total. The summed E-state index contributed by atoms with van der Waals surface area (Å²) in [5.41, 5.74) is 0.232. The van der Waals surface area contributed by atoms with Crippen LogP contribution in [-0.4, -0.2) is 17.7 Å². The molecule has 0 fully saturated rings. The number of carbonyl (C=O) groups is 1. The number of phenols is 1. The maximum Gasteiger partial charge on any atom is 0.339 e. The van der Waals surface area contributed by atoms with Crippen molar-refractivity contribution in [3.63, 3.8) is 0 Å². The zero-order valence-corrected chi connectivity index (χ0v) is 6.73. The van der Waals surface area contributed by atoms with Crippen molar-refractivity contribution < 1.29 is 14.6 Å². The van der Waals surface area contributed by atoms with Crippen LogP contribution in [0.15, 0.2) is 24.3 Å². The largest absolute Gasteiger partial charge is 0.508 e. The molecule has 0 atom stereocenters. The summed E-state index contributed by atoms with van der Waals surface area (Å²) in [6, 6.07) is 7.43. The Morgan fingerprint density at radius 1 is 1.62 bits per heavy atom. The van der Waals surface area contributed by atoms with Gasteiger partial charge in [0.25, 0.3) is 0 Å². The number of esters is 1. The van der Waals surface area contributed by atoms with Gasteiger partial charge >= 0.3 is 5.97 Å². The lowest BCUT2D eigenvalue weighted by Crippen LogP contribution is -2.04. The van der Waals surface area contributed by atoms with Crippen LogP contribution in [0, 0.1) is 11.3 Å². The maximum absolute atomic E-state index is 11.1. The summed E-state index contributed by atoms with van der Waals surface area (Å²) < 4.78 is 4.52. The second-order valence-corrected chi connectivity index (χ2v) is 2.28. The van der Waals surface area contributed by atoms with Gasteiger partial charge in [-0.15, -0.1) is 0 Å². The van der Waals surface area contributed by atoms with E-state index < -0.39 is 5.97 Å². The molecule has 66 valence electrons. The van der Waals surface area contributed by atoms with Crippen molar-refractivity contribution in [3.8, 4) is 11.8 Å². The topological polar surface area (TPSA) is 70.3 Å². The zero-order chi connectivity index (χ0) is 9.68. The Hall–Kier alpha value is -2.02. The fourth-order valence-electron chi connectivity index (χ4n) is 0.814. The first-order chi connectivity index (χ1) is 6.24. The molecular weight excluding hydrogens is 170 g/mol. The first-order valence-electron chi connectivity index (χ1n) is 3.57. The number of ether oxygens (including phenoxy) is 1. The van der Waals surface area contributed by atoms with Crippen LogP contribution in [0.3, 0.4) is 0 Å². The Morgan fingerprint density at radius 3 is 3.00 bits per heavy atom. The molecule has 0 aromatic heterocycles. The summed E-state index contributed by atoms with van der Waals surface area (Å²) in [6.07, 6.45) is 0. The van der Waals surface area contributed by atoms with Crippen molar-refractivity contribution in [2.75, 3.05) is 6.61 Å². The standard InChI is InChI=1S/C9H7NO3/c10-4-5-13-9(12)7-2-1-3-8(11)6-7/h1-3,6,11H,5H2. The monoisotopic (exact) mass is 177 g/mol. The van der Waals surface area contributed by atoms with Gasteiger partial charge in [0.05, 0.1) is 5.56 Å². The lowest BCUT2D eigenvalue weighted by atomic mass is 10.2. The molecule has 4 heteroatoms. The fraction of sp³-hybridized carbons (Fsp3) is 0.111. The third-order valence-corrected chi connectivity index (χ3v) is 1.35. The van der Waals surface area contributed by atoms with Crippen molar-refractivity contribution >= 4 is 5.97 Å². The van der Waals surface area contributed by atoms with E-state index in [2.05, 4.69) is 4.74 Å². The minimum Gasteiger partial charge on any atom is -0.508 e. The highest BCUT2D eigenvalue weighted by atomic mass is 16.5. The Kier molecular flexibility index (Phi) is 2.87. The van der Waals surface area contributed by atoms with E-state index in [1.165, 1.54) is 24.3 Å². The van der Waals surface area contributed by atoms with Crippen LogP contribution in [0.1, 0.15) is 10.4 Å². The second kappa shape index (κ2) is 4.12. The van der Waals surface area contributed by atoms with E-state index in [9.17, 15) is 4.79 Å². The Bertz CT molecular complexity index is 354. The Balaban J connectivity index is 2.72. The number of hydrogen-bond donors (Lipinski definition) is 1. The van der Waals surface area contributed by atoms with E-state index in [4.69, 9.17) is 10.4 Å². The number of nitrogens with zero attached hydrogens (tertiary/aromatic N) is 1. The van der Waals surface area contributed by atoms with Gasteiger partial charge in [0.2, 0.25) is 0 Å². The number of rotatable bonds is 2. The number of aromatic hydroxyl groups is 1. The van der Waals surface area contributed by atoms with Gasteiger partial charge in [-0.1, -0.05) is 6.07 Å². The van der Waals surface area contributed by atoms with Crippen LogP contribution >= 0.6 is 0 Å². The second-order valence-electron chi connectivity index (χ2n) is 2.28. The molecule has 0 radical (unpaired) electrons. The summed E-state index contributed by atoms with van der Waals surface area (Å²) >= 11 is 0. The van der Waals surface area contributed by atoms with Gasteiger partial charge in [0, 0.05) is 0 Å². The molecule has 0 spiro atoms. The third-order valence-electron chi connectivity index (χ3n) is 1.35. The molecule has 0 saturated carbocycles.